The molecule has 2 amide bonds. The number of hydrogen-bond donors (Lipinski definition) is 2. The van der Waals surface area contributed by atoms with Crippen LogP contribution in [0.15, 0.2) is 83.8 Å². The van der Waals surface area contributed by atoms with Crippen molar-refractivity contribution in [3.8, 4) is 0 Å². The van der Waals surface area contributed by atoms with Gasteiger partial charge in [-0.1, -0.05) is 68.4 Å². The lowest BCUT2D eigenvalue weighted by atomic mass is 10.1. The Morgan fingerprint density at radius 3 is 2.03 bits per heavy atom. The number of benzene rings is 3. The van der Waals surface area contributed by atoms with Crippen LogP contribution in [0.25, 0.3) is 0 Å². The summed E-state index contributed by atoms with van der Waals surface area (Å²) in [5, 5.41) is 6.29. The van der Waals surface area contributed by atoms with Crippen molar-refractivity contribution in [2.24, 2.45) is 0 Å². The van der Waals surface area contributed by atoms with Crippen molar-refractivity contribution in [2.45, 2.75) is 37.0 Å². The van der Waals surface area contributed by atoms with Crippen molar-refractivity contribution in [2.75, 3.05) is 5.32 Å². The van der Waals surface area contributed by atoms with Crippen LogP contribution in [0.5, 0.6) is 0 Å². The molecule has 0 radical (unpaired) electrons. The summed E-state index contributed by atoms with van der Waals surface area (Å²) in [7, 11) is 0. The van der Waals surface area contributed by atoms with E-state index in [0.717, 1.165) is 10.5 Å². The highest BCUT2D eigenvalue weighted by Crippen LogP contribution is 2.27. The number of hydrogen-bond acceptors (Lipinski definition) is 3. The lowest BCUT2D eigenvalue weighted by Gasteiger charge is -2.17. The molecule has 0 fully saturated rings. The molecule has 30 heavy (non-hydrogen) atoms. The van der Waals surface area contributed by atoms with Crippen molar-refractivity contribution in [3.05, 3.63) is 95.6 Å². The van der Waals surface area contributed by atoms with Crippen molar-refractivity contribution in [1.82, 2.24) is 5.32 Å². The van der Waals surface area contributed by atoms with Crippen LogP contribution in [0.4, 0.5) is 5.69 Å². The van der Waals surface area contributed by atoms with Crippen molar-refractivity contribution < 1.29 is 9.59 Å². The molecule has 3 aromatic rings. The van der Waals surface area contributed by atoms with E-state index in [1.54, 1.807) is 36.0 Å². The molecule has 0 saturated heterocycles. The average Bonchev–Trinajstić information content (AvgIpc) is 2.74. The van der Waals surface area contributed by atoms with Gasteiger partial charge in [0.2, 0.25) is 0 Å². The zero-order valence-electron chi connectivity index (χ0n) is 17.4. The molecule has 0 heterocycles. The molecule has 3 aromatic carbocycles. The first kappa shape index (κ1) is 21.7. The van der Waals surface area contributed by atoms with Gasteiger partial charge in [-0.25, -0.2) is 0 Å². The van der Waals surface area contributed by atoms with Gasteiger partial charge in [-0.2, -0.15) is 0 Å². The minimum atomic E-state index is -0.230. The predicted octanol–water partition coefficient (Wildman–Crippen LogP) is 5.93. The number of para-hydroxylation sites is 1. The molecule has 0 aliphatic rings. The van der Waals surface area contributed by atoms with Gasteiger partial charge in [0.05, 0.1) is 22.9 Å². The van der Waals surface area contributed by atoms with Gasteiger partial charge < -0.3 is 10.6 Å². The number of thioether (sulfide) groups is 1. The summed E-state index contributed by atoms with van der Waals surface area (Å²) < 4.78 is 0. The summed E-state index contributed by atoms with van der Waals surface area (Å²) in [6.45, 7) is 6.12. The molecule has 0 aliphatic carbocycles. The molecule has 1 atom stereocenters. The van der Waals surface area contributed by atoms with Gasteiger partial charge in [0.15, 0.2) is 0 Å². The zero-order chi connectivity index (χ0) is 21.5. The Balaban J connectivity index is 1.79. The van der Waals surface area contributed by atoms with Gasteiger partial charge in [-0.05, 0) is 36.8 Å². The van der Waals surface area contributed by atoms with Gasteiger partial charge in [0.1, 0.15) is 0 Å². The van der Waals surface area contributed by atoms with Crippen molar-refractivity contribution in [1.29, 1.82) is 0 Å². The van der Waals surface area contributed by atoms with Gasteiger partial charge in [0.25, 0.3) is 11.8 Å². The van der Waals surface area contributed by atoms with Crippen LogP contribution in [0.2, 0.25) is 0 Å². The van der Waals surface area contributed by atoms with E-state index in [-0.39, 0.29) is 17.9 Å². The molecule has 0 bridgehead atoms. The first-order chi connectivity index (χ1) is 14.5. The third-order valence-corrected chi connectivity index (χ3v) is 5.64. The number of carbonyl (C=O) groups excluding carboxylic acids is 2. The van der Waals surface area contributed by atoms with Gasteiger partial charge in [-0.15, -0.1) is 11.8 Å². The topological polar surface area (TPSA) is 58.2 Å². The van der Waals surface area contributed by atoms with E-state index >= 15 is 0 Å². The SMILES string of the molecule is CC(C)Sc1ccccc1C(=O)Nc1ccccc1C(=O)N[C@@H](C)c1ccccc1. The molecular weight excluding hydrogens is 392 g/mol. The van der Waals surface area contributed by atoms with Crippen LogP contribution >= 0.6 is 11.8 Å². The molecule has 0 unspecified atom stereocenters. The maximum Gasteiger partial charge on any atom is 0.256 e. The normalized spacial score (nSPS) is 11.7. The van der Waals surface area contributed by atoms with Crippen LogP contribution in [0.3, 0.4) is 0 Å². The first-order valence-electron chi connectivity index (χ1n) is 9.97. The molecule has 0 saturated carbocycles. The van der Waals surface area contributed by atoms with Crippen LogP contribution in [0.1, 0.15) is 53.1 Å². The predicted molar refractivity (Wildman–Crippen MR) is 124 cm³/mol. The van der Waals surface area contributed by atoms with E-state index in [0.29, 0.717) is 22.1 Å². The molecule has 5 heteroatoms. The summed E-state index contributed by atoms with van der Waals surface area (Å²) >= 11 is 1.64. The highest BCUT2D eigenvalue weighted by Gasteiger charge is 2.18. The lowest BCUT2D eigenvalue weighted by Crippen LogP contribution is -2.28. The zero-order valence-corrected chi connectivity index (χ0v) is 18.2. The van der Waals surface area contributed by atoms with Crippen LogP contribution in [0, 0.1) is 0 Å². The second kappa shape index (κ2) is 10.1. The summed E-state index contributed by atoms with van der Waals surface area (Å²) in [5.74, 6) is -0.456. The Kier molecular flexibility index (Phi) is 7.31. The lowest BCUT2D eigenvalue weighted by molar-refractivity contribution is 0.0941. The summed E-state index contributed by atoms with van der Waals surface area (Å²) in [6.07, 6.45) is 0. The van der Waals surface area contributed by atoms with E-state index in [4.69, 9.17) is 0 Å². The Labute approximate surface area is 182 Å². The number of rotatable bonds is 7. The fraction of sp³-hybridized carbons (Fsp3) is 0.200. The monoisotopic (exact) mass is 418 g/mol. The summed E-state index contributed by atoms with van der Waals surface area (Å²) in [4.78, 5) is 26.8. The summed E-state index contributed by atoms with van der Waals surface area (Å²) in [6, 6.07) is 24.2. The smallest absolute Gasteiger partial charge is 0.256 e. The minimum absolute atomic E-state index is 0.148. The Morgan fingerprint density at radius 2 is 1.33 bits per heavy atom. The van der Waals surface area contributed by atoms with E-state index in [1.807, 2.05) is 61.5 Å². The third-order valence-electron chi connectivity index (χ3n) is 4.56. The fourth-order valence-corrected chi connectivity index (χ4v) is 4.04. The third kappa shape index (κ3) is 5.51. The Morgan fingerprint density at radius 1 is 0.733 bits per heavy atom. The molecule has 0 aromatic heterocycles. The summed E-state index contributed by atoms with van der Waals surface area (Å²) in [5.41, 5.74) is 2.54. The van der Waals surface area contributed by atoms with E-state index in [1.165, 1.54) is 0 Å². The fourth-order valence-electron chi connectivity index (χ4n) is 3.09. The highest BCUT2D eigenvalue weighted by atomic mass is 32.2. The minimum Gasteiger partial charge on any atom is -0.345 e. The van der Waals surface area contributed by atoms with Crippen molar-refractivity contribution >= 4 is 29.3 Å². The van der Waals surface area contributed by atoms with Gasteiger partial charge in [-0.3, -0.25) is 9.59 Å². The van der Waals surface area contributed by atoms with Crippen LogP contribution in [-0.2, 0) is 0 Å². The maximum absolute atomic E-state index is 13.0. The average molecular weight is 419 g/mol. The quantitative estimate of drug-likeness (QED) is 0.468. The molecule has 154 valence electrons. The highest BCUT2D eigenvalue weighted by molar-refractivity contribution is 8.00. The molecule has 3 rings (SSSR count). The molecule has 0 aliphatic heterocycles. The number of anilines is 1. The van der Waals surface area contributed by atoms with Crippen LogP contribution in [-0.4, -0.2) is 17.1 Å². The maximum atomic E-state index is 13.0. The van der Waals surface area contributed by atoms with E-state index in [2.05, 4.69) is 24.5 Å². The first-order valence-corrected chi connectivity index (χ1v) is 10.9. The van der Waals surface area contributed by atoms with Crippen molar-refractivity contribution in [3.63, 3.8) is 0 Å². The Bertz CT molecular complexity index is 1020. The number of nitrogens with one attached hydrogen (secondary N) is 2. The van der Waals surface area contributed by atoms with Gasteiger partial charge >= 0.3 is 0 Å². The largest absolute Gasteiger partial charge is 0.345 e. The second-order valence-corrected chi connectivity index (χ2v) is 8.89. The van der Waals surface area contributed by atoms with E-state index in [9.17, 15) is 9.59 Å². The number of amides is 2. The standard InChI is InChI=1S/C25H26N2O2S/c1-17(2)30-23-16-10-8-14-21(23)25(29)27-22-15-9-7-13-20(22)24(28)26-18(3)19-11-5-4-6-12-19/h4-18H,1-3H3,(H,26,28)(H,27,29)/t18-/m0/s1. The van der Waals surface area contributed by atoms with E-state index < -0.39 is 0 Å². The molecule has 4 nitrogen and oxygen atoms in total. The van der Waals surface area contributed by atoms with Gasteiger partial charge in [0, 0.05) is 10.1 Å². The number of carbonyl (C=O) groups is 2. The Hall–Kier alpha value is -3.05. The van der Waals surface area contributed by atoms with Crippen LogP contribution < -0.4 is 10.6 Å². The molecule has 0 spiro atoms. The molecule has 2 N–H and O–H groups in total. The molecular formula is C25H26N2O2S. The second-order valence-electron chi connectivity index (χ2n) is 7.27.